The van der Waals surface area contributed by atoms with Crippen LogP contribution < -0.4 is 10.1 Å². The van der Waals surface area contributed by atoms with Crippen LogP contribution in [0.15, 0.2) is 42.6 Å². The van der Waals surface area contributed by atoms with E-state index in [9.17, 15) is 4.79 Å². The molecule has 1 fully saturated rings. The largest absolute Gasteiger partial charge is 0.475 e. The lowest BCUT2D eigenvalue weighted by molar-refractivity contribution is -0.122. The number of carbonyl (C=O) groups is 1. The molecule has 1 aromatic heterocycles. The number of benzene rings is 1. The molecular formula is C22H28N2O3. The van der Waals surface area contributed by atoms with Crippen LogP contribution in [0.1, 0.15) is 43.2 Å². The summed E-state index contributed by atoms with van der Waals surface area (Å²) in [4.78, 5) is 17.7. The van der Waals surface area contributed by atoms with Crippen molar-refractivity contribution in [1.82, 2.24) is 4.98 Å². The van der Waals surface area contributed by atoms with Gasteiger partial charge in [0.05, 0.1) is 23.9 Å². The molecule has 1 amide bonds. The number of amides is 1. The zero-order chi connectivity index (χ0) is 19.1. The fraction of sp³-hybridized carbons (Fsp3) is 0.455. The summed E-state index contributed by atoms with van der Waals surface area (Å²) in [6.07, 6.45) is 6.77. The van der Waals surface area contributed by atoms with Crippen molar-refractivity contribution < 1.29 is 14.3 Å². The van der Waals surface area contributed by atoms with E-state index in [4.69, 9.17) is 9.47 Å². The fourth-order valence-corrected chi connectivity index (χ4v) is 3.81. The van der Waals surface area contributed by atoms with Crippen molar-refractivity contribution in [3.63, 3.8) is 0 Å². The van der Waals surface area contributed by atoms with Gasteiger partial charge in [-0.3, -0.25) is 4.79 Å². The third-order valence-corrected chi connectivity index (χ3v) is 5.28. The summed E-state index contributed by atoms with van der Waals surface area (Å²) >= 11 is 0. The van der Waals surface area contributed by atoms with Gasteiger partial charge in [0.25, 0.3) is 0 Å². The van der Waals surface area contributed by atoms with Crippen LogP contribution in [0, 0.1) is 6.92 Å². The molecule has 0 spiro atoms. The summed E-state index contributed by atoms with van der Waals surface area (Å²) in [5.74, 6) is 0.628. The summed E-state index contributed by atoms with van der Waals surface area (Å²) in [6, 6.07) is 12.1. The molecule has 0 atom stereocenters. The Morgan fingerprint density at radius 2 is 1.89 bits per heavy atom. The standard InChI is InChI=1S/C22H28N2O3/c1-17-15-19(16-23-20(17)27-14-13-26-2)24-21(25)22(11-7-4-8-12-22)18-9-5-3-6-10-18/h3,5-6,9-10,15-16H,4,7-8,11-14H2,1-2H3,(H,24,25). The van der Waals surface area contributed by atoms with Crippen LogP contribution in [0.4, 0.5) is 5.69 Å². The van der Waals surface area contributed by atoms with Crippen LogP contribution in [0.3, 0.4) is 0 Å². The van der Waals surface area contributed by atoms with Crippen LogP contribution in [-0.4, -0.2) is 31.2 Å². The lowest BCUT2D eigenvalue weighted by Crippen LogP contribution is -2.42. The third kappa shape index (κ3) is 4.48. The van der Waals surface area contributed by atoms with E-state index >= 15 is 0 Å². The zero-order valence-electron chi connectivity index (χ0n) is 16.2. The van der Waals surface area contributed by atoms with Crippen molar-refractivity contribution in [3.05, 3.63) is 53.7 Å². The van der Waals surface area contributed by atoms with Crippen molar-refractivity contribution in [2.24, 2.45) is 0 Å². The molecule has 3 rings (SSSR count). The average molecular weight is 368 g/mol. The highest BCUT2D eigenvalue weighted by Gasteiger charge is 2.41. The van der Waals surface area contributed by atoms with E-state index in [0.717, 1.165) is 36.8 Å². The van der Waals surface area contributed by atoms with Crippen LogP contribution in [0.5, 0.6) is 5.88 Å². The molecule has 5 nitrogen and oxygen atoms in total. The summed E-state index contributed by atoms with van der Waals surface area (Å²) in [7, 11) is 1.64. The molecule has 5 heteroatoms. The van der Waals surface area contributed by atoms with E-state index in [0.29, 0.717) is 24.8 Å². The SMILES string of the molecule is COCCOc1ncc(NC(=O)C2(c3ccccc3)CCCCC2)cc1C. The van der Waals surface area contributed by atoms with E-state index in [1.54, 1.807) is 13.3 Å². The van der Waals surface area contributed by atoms with Gasteiger partial charge in [-0.15, -0.1) is 0 Å². The van der Waals surface area contributed by atoms with Gasteiger partial charge >= 0.3 is 0 Å². The minimum Gasteiger partial charge on any atom is -0.475 e. The number of anilines is 1. The topological polar surface area (TPSA) is 60.5 Å². The number of hydrogen-bond acceptors (Lipinski definition) is 4. The van der Waals surface area contributed by atoms with Crippen molar-refractivity contribution in [1.29, 1.82) is 0 Å². The van der Waals surface area contributed by atoms with Gasteiger partial charge in [-0.2, -0.15) is 0 Å². The summed E-state index contributed by atoms with van der Waals surface area (Å²) < 4.78 is 10.6. The van der Waals surface area contributed by atoms with Gasteiger partial charge in [-0.05, 0) is 31.4 Å². The van der Waals surface area contributed by atoms with Gasteiger partial charge < -0.3 is 14.8 Å². The average Bonchev–Trinajstić information content (AvgIpc) is 2.71. The highest BCUT2D eigenvalue weighted by atomic mass is 16.5. The van der Waals surface area contributed by atoms with Crippen molar-refractivity contribution in [2.45, 2.75) is 44.4 Å². The molecule has 1 heterocycles. The number of pyridine rings is 1. The fourth-order valence-electron chi connectivity index (χ4n) is 3.81. The van der Waals surface area contributed by atoms with Gasteiger partial charge in [0.15, 0.2) is 0 Å². The Balaban J connectivity index is 1.77. The first-order valence-electron chi connectivity index (χ1n) is 9.61. The number of hydrogen-bond donors (Lipinski definition) is 1. The number of nitrogens with one attached hydrogen (secondary N) is 1. The molecule has 0 saturated heterocycles. The first-order chi connectivity index (χ1) is 13.2. The highest BCUT2D eigenvalue weighted by Crippen LogP contribution is 2.40. The molecule has 2 aromatic rings. The maximum atomic E-state index is 13.3. The second-order valence-corrected chi connectivity index (χ2v) is 7.15. The second-order valence-electron chi connectivity index (χ2n) is 7.15. The quantitative estimate of drug-likeness (QED) is 0.742. The van der Waals surface area contributed by atoms with Crippen molar-refractivity contribution in [3.8, 4) is 5.88 Å². The molecule has 27 heavy (non-hydrogen) atoms. The van der Waals surface area contributed by atoms with E-state index in [1.165, 1.54) is 6.42 Å². The number of rotatable bonds is 7. The van der Waals surface area contributed by atoms with Gasteiger partial charge in [0, 0.05) is 12.7 Å². The molecule has 1 aliphatic carbocycles. The predicted molar refractivity (Wildman–Crippen MR) is 106 cm³/mol. The maximum Gasteiger partial charge on any atom is 0.235 e. The molecule has 0 unspecified atom stereocenters. The Kier molecular flexibility index (Phi) is 6.45. The molecule has 1 aromatic carbocycles. The van der Waals surface area contributed by atoms with Crippen LogP contribution >= 0.6 is 0 Å². The summed E-state index contributed by atoms with van der Waals surface area (Å²) in [5, 5.41) is 3.10. The maximum absolute atomic E-state index is 13.3. The molecule has 0 radical (unpaired) electrons. The van der Waals surface area contributed by atoms with Gasteiger partial charge in [0.2, 0.25) is 11.8 Å². The number of methoxy groups -OCH3 is 1. The Hall–Kier alpha value is -2.40. The molecular weight excluding hydrogens is 340 g/mol. The third-order valence-electron chi connectivity index (χ3n) is 5.28. The van der Waals surface area contributed by atoms with Crippen molar-refractivity contribution >= 4 is 11.6 Å². The lowest BCUT2D eigenvalue weighted by atomic mass is 9.68. The predicted octanol–water partition coefficient (Wildman–Crippen LogP) is 4.26. The second kappa shape index (κ2) is 9.00. The van der Waals surface area contributed by atoms with Crippen LogP contribution in [0.2, 0.25) is 0 Å². The number of ether oxygens (including phenoxy) is 2. The first-order valence-corrected chi connectivity index (χ1v) is 9.61. The number of nitrogens with zero attached hydrogens (tertiary/aromatic N) is 1. The highest BCUT2D eigenvalue weighted by molar-refractivity contribution is 5.99. The lowest BCUT2D eigenvalue weighted by Gasteiger charge is -2.36. The molecule has 1 aliphatic rings. The van der Waals surface area contributed by atoms with Gasteiger partial charge in [-0.25, -0.2) is 4.98 Å². The molecule has 1 saturated carbocycles. The Morgan fingerprint density at radius 3 is 2.56 bits per heavy atom. The molecule has 0 aliphatic heterocycles. The Bertz CT molecular complexity index is 755. The van der Waals surface area contributed by atoms with E-state index in [2.05, 4.69) is 22.4 Å². The molecule has 144 valence electrons. The van der Waals surface area contributed by atoms with E-state index < -0.39 is 5.41 Å². The van der Waals surface area contributed by atoms with Crippen molar-refractivity contribution in [2.75, 3.05) is 25.6 Å². The van der Waals surface area contributed by atoms with E-state index in [-0.39, 0.29) is 5.91 Å². The minimum absolute atomic E-state index is 0.0580. The molecule has 0 bridgehead atoms. The summed E-state index contributed by atoms with van der Waals surface area (Å²) in [5.41, 5.74) is 2.24. The number of aryl methyl sites for hydroxylation is 1. The zero-order valence-corrected chi connectivity index (χ0v) is 16.2. The van der Waals surface area contributed by atoms with E-state index in [1.807, 2.05) is 31.2 Å². The Morgan fingerprint density at radius 1 is 1.15 bits per heavy atom. The number of carbonyl (C=O) groups excluding carboxylic acids is 1. The van der Waals surface area contributed by atoms with Crippen LogP contribution in [-0.2, 0) is 14.9 Å². The Labute approximate surface area is 161 Å². The first kappa shape index (κ1) is 19.4. The minimum atomic E-state index is -0.457. The van der Waals surface area contributed by atoms with Gasteiger partial charge in [-0.1, -0.05) is 49.6 Å². The molecule has 1 N–H and O–H groups in total. The summed E-state index contributed by atoms with van der Waals surface area (Å²) in [6.45, 7) is 2.89. The van der Waals surface area contributed by atoms with Crippen LogP contribution in [0.25, 0.3) is 0 Å². The van der Waals surface area contributed by atoms with Gasteiger partial charge in [0.1, 0.15) is 6.61 Å². The normalized spacial score (nSPS) is 15.9. The monoisotopic (exact) mass is 368 g/mol. The smallest absolute Gasteiger partial charge is 0.235 e. The number of aromatic nitrogens is 1.